The van der Waals surface area contributed by atoms with Crippen LogP contribution >= 0.6 is 34.8 Å². The number of nitrogens with zero attached hydrogens (tertiary/aromatic N) is 2. The van der Waals surface area contributed by atoms with Gasteiger partial charge in [-0.2, -0.15) is 0 Å². The van der Waals surface area contributed by atoms with Gasteiger partial charge in [-0.05, 0) is 73.9 Å². The van der Waals surface area contributed by atoms with Gasteiger partial charge in [-0.15, -0.1) is 0 Å². The Morgan fingerprint density at radius 1 is 0.826 bits per heavy atom. The molecule has 242 valence electrons. The lowest BCUT2D eigenvalue weighted by Gasteiger charge is -2.34. The highest BCUT2D eigenvalue weighted by molar-refractivity contribution is 7.92. The predicted molar refractivity (Wildman–Crippen MR) is 186 cm³/mol. The molecule has 4 aromatic rings. The highest BCUT2D eigenvalue weighted by Gasteiger charge is 2.35. The van der Waals surface area contributed by atoms with Crippen molar-refractivity contribution < 1.29 is 18.0 Å². The summed E-state index contributed by atoms with van der Waals surface area (Å²) in [6.45, 7) is 5.08. The number of carbonyl (C=O) groups is 2. The van der Waals surface area contributed by atoms with E-state index in [1.165, 1.54) is 35.2 Å². The topological polar surface area (TPSA) is 86.8 Å². The molecule has 0 aromatic heterocycles. The van der Waals surface area contributed by atoms with Crippen LogP contribution in [0.15, 0.2) is 102 Å². The molecule has 0 fully saturated rings. The number of hydrogen-bond acceptors (Lipinski definition) is 4. The maximum atomic E-state index is 14.5. The SMILES string of the molecule is CC[C@H](C)NC(=O)[C@H](Cc1ccccc1)N(Cc1cccc(Cl)c1)C(=O)CN(c1ccc(Cl)c(Cl)c1)S(=O)(=O)c1ccc(C)cc1. The van der Waals surface area contributed by atoms with Crippen molar-refractivity contribution in [3.63, 3.8) is 0 Å². The van der Waals surface area contributed by atoms with E-state index < -0.39 is 28.5 Å². The number of amides is 2. The molecule has 2 amide bonds. The molecule has 7 nitrogen and oxygen atoms in total. The van der Waals surface area contributed by atoms with Gasteiger partial charge in [-0.25, -0.2) is 8.42 Å². The van der Waals surface area contributed by atoms with Gasteiger partial charge in [0.05, 0.1) is 20.6 Å². The van der Waals surface area contributed by atoms with E-state index >= 15 is 0 Å². The minimum Gasteiger partial charge on any atom is -0.352 e. The maximum absolute atomic E-state index is 14.5. The summed E-state index contributed by atoms with van der Waals surface area (Å²) in [6.07, 6.45) is 0.888. The summed E-state index contributed by atoms with van der Waals surface area (Å²) in [4.78, 5) is 29.9. The van der Waals surface area contributed by atoms with Crippen molar-refractivity contribution in [2.75, 3.05) is 10.8 Å². The van der Waals surface area contributed by atoms with Gasteiger partial charge in [0.15, 0.2) is 0 Å². The average Bonchev–Trinajstić information content (AvgIpc) is 3.03. The van der Waals surface area contributed by atoms with Crippen molar-refractivity contribution >= 4 is 62.3 Å². The first-order valence-electron chi connectivity index (χ1n) is 14.8. The number of benzene rings is 4. The lowest BCUT2D eigenvalue weighted by atomic mass is 10.0. The minimum atomic E-state index is -4.27. The quantitative estimate of drug-likeness (QED) is 0.155. The molecule has 0 aliphatic heterocycles. The summed E-state index contributed by atoms with van der Waals surface area (Å²) in [5, 5.41) is 3.84. The highest BCUT2D eigenvalue weighted by Crippen LogP contribution is 2.31. The van der Waals surface area contributed by atoms with Gasteiger partial charge in [0, 0.05) is 24.0 Å². The van der Waals surface area contributed by atoms with E-state index in [0.29, 0.717) is 17.0 Å². The third-order valence-electron chi connectivity index (χ3n) is 7.59. The molecule has 46 heavy (non-hydrogen) atoms. The molecule has 0 spiro atoms. The van der Waals surface area contributed by atoms with E-state index in [9.17, 15) is 18.0 Å². The third kappa shape index (κ3) is 9.04. The Morgan fingerprint density at radius 2 is 1.50 bits per heavy atom. The Kier molecular flexibility index (Phi) is 12.1. The molecule has 0 heterocycles. The fourth-order valence-electron chi connectivity index (χ4n) is 4.83. The predicted octanol–water partition coefficient (Wildman–Crippen LogP) is 7.71. The molecule has 0 saturated heterocycles. The third-order valence-corrected chi connectivity index (χ3v) is 10.4. The number of nitrogens with one attached hydrogen (secondary N) is 1. The molecule has 2 atom stereocenters. The summed E-state index contributed by atoms with van der Waals surface area (Å²) in [5.74, 6) is -0.946. The van der Waals surface area contributed by atoms with Crippen LogP contribution in [0, 0.1) is 6.92 Å². The second-order valence-corrected chi connectivity index (χ2v) is 14.2. The van der Waals surface area contributed by atoms with Crippen LogP contribution in [0.1, 0.15) is 37.0 Å². The fraction of sp³-hybridized carbons (Fsp3) is 0.257. The lowest BCUT2D eigenvalue weighted by molar-refractivity contribution is -0.140. The maximum Gasteiger partial charge on any atom is 0.264 e. The zero-order chi connectivity index (χ0) is 33.4. The van der Waals surface area contributed by atoms with Crippen LogP contribution in [0.25, 0.3) is 0 Å². The van der Waals surface area contributed by atoms with E-state index in [-0.39, 0.29) is 45.5 Å². The standard InChI is InChI=1S/C35H36Cl3N3O4S/c1-4-25(3)39-35(43)33(20-26-9-6-5-7-10-26)40(22-27-11-8-12-28(36)19-27)34(42)23-41(29-15-18-31(37)32(38)21-29)46(44,45)30-16-13-24(2)14-17-30/h5-19,21,25,33H,4,20,22-23H2,1-3H3,(H,39,43)/t25-,33-/m0/s1. The second kappa shape index (κ2) is 15.8. The van der Waals surface area contributed by atoms with E-state index in [4.69, 9.17) is 34.8 Å². The van der Waals surface area contributed by atoms with Crippen molar-refractivity contribution in [3.8, 4) is 0 Å². The lowest BCUT2D eigenvalue weighted by Crippen LogP contribution is -2.54. The van der Waals surface area contributed by atoms with Crippen LogP contribution in [-0.2, 0) is 32.6 Å². The smallest absolute Gasteiger partial charge is 0.264 e. The number of halogens is 3. The van der Waals surface area contributed by atoms with E-state index in [0.717, 1.165) is 15.4 Å². The Bertz CT molecular complexity index is 1770. The number of anilines is 1. The molecular weight excluding hydrogens is 665 g/mol. The Labute approximate surface area is 286 Å². The monoisotopic (exact) mass is 699 g/mol. The Balaban J connectivity index is 1.83. The van der Waals surface area contributed by atoms with Gasteiger partial charge in [0.2, 0.25) is 11.8 Å². The molecule has 0 radical (unpaired) electrons. The zero-order valence-electron chi connectivity index (χ0n) is 25.8. The molecule has 11 heteroatoms. The molecule has 0 aliphatic rings. The van der Waals surface area contributed by atoms with Crippen LogP contribution in [0.4, 0.5) is 5.69 Å². The van der Waals surface area contributed by atoms with Crippen LogP contribution in [0.2, 0.25) is 15.1 Å². The highest BCUT2D eigenvalue weighted by atomic mass is 35.5. The van der Waals surface area contributed by atoms with Gasteiger partial charge in [0.25, 0.3) is 10.0 Å². The summed E-state index contributed by atoms with van der Waals surface area (Å²) in [7, 11) is -4.27. The average molecular weight is 701 g/mol. The molecular formula is C35H36Cl3N3O4S. The summed E-state index contributed by atoms with van der Waals surface area (Å²) < 4.78 is 29.3. The molecule has 0 unspecified atom stereocenters. The normalized spacial score (nSPS) is 12.7. The van der Waals surface area contributed by atoms with E-state index in [1.807, 2.05) is 51.1 Å². The van der Waals surface area contributed by atoms with Gasteiger partial charge in [-0.1, -0.05) is 102 Å². The number of sulfonamides is 1. The van der Waals surface area contributed by atoms with Crippen molar-refractivity contribution in [2.45, 2.75) is 57.1 Å². The fourth-order valence-corrected chi connectivity index (χ4v) is 6.74. The number of aryl methyl sites for hydroxylation is 1. The van der Waals surface area contributed by atoms with Crippen LogP contribution in [0.3, 0.4) is 0 Å². The van der Waals surface area contributed by atoms with Crippen LogP contribution < -0.4 is 9.62 Å². The number of carbonyl (C=O) groups excluding carboxylic acids is 2. The molecule has 4 rings (SSSR count). The number of hydrogen-bond donors (Lipinski definition) is 1. The molecule has 0 aliphatic carbocycles. The largest absolute Gasteiger partial charge is 0.352 e. The van der Waals surface area contributed by atoms with E-state index in [1.54, 1.807) is 36.4 Å². The molecule has 1 N–H and O–H groups in total. The first kappa shape index (κ1) is 35.3. The second-order valence-electron chi connectivity index (χ2n) is 11.1. The van der Waals surface area contributed by atoms with Crippen LogP contribution in [-0.4, -0.2) is 43.8 Å². The summed E-state index contributed by atoms with van der Waals surface area (Å²) in [6, 6.07) is 26.0. The van der Waals surface area contributed by atoms with Gasteiger partial charge in [0.1, 0.15) is 12.6 Å². The van der Waals surface area contributed by atoms with Crippen LogP contribution in [0.5, 0.6) is 0 Å². The molecule has 0 bridgehead atoms. The van der Waals surface area contributed by atoms with Gasteiger partial charge >= 0.3 is 0 Å². The minimum absolute atomic E-state index is 0.00458. The number of rotatable bonds is 13. The van der Waals surface area contributed by atoms with Crippen molar-refractivity contribution in [1.29, 1.82) is 0 Å². The van der Waals surface area contributed by atoms with E-state index in [2.05, 4.69) is 5.32 Å². The van der Waals surface area contributed by atoms with Gasteiger partial charge in [-0.3, -0.25) is 13.9 Å². The Morgan fingerprint density at radius 3 is 2.13 bits per heavy atom. The first-order chi connectivity index (χ1) is 21.9. The summed E-state index contributed by atoms with van der Waals surface area (Å²) in [5.41, 5.74) is 2.54. The van der Waals surface area contributed by atoms with Crippen molar-refractivity contribution in [3.05, 3.63) is 129 Å². The van der Waals surface area contributed by atoms with Crippen molar-refractivity contribution in [2.24, 2.45) is 0 Å². The molecule has 0 saturated carbocycles. The van der Waals surface area contributed by atoms with Gasteiger partial charge < -0.3 is 10.2 Å². The molecule has 4 aromatic carbocycles. The first-order valence-corrected chi connectivity index (χ1v) is 17.4. The summed E-state index contributed by atoms with van der Waals surface area (Å²) >= 11 is 18.8. The zero-order valence-corrected chi connectivity index (χ0v) is 28.9. The Hall–Kier alpha value is -3.56. The van der Waals surface area contributed by atoms with Crippen molar-refractivity contribution in [1.82, 2.24) is 10.2 Å².